The average molecular weight is 582 g/mol. The van der Waals surface area contributed by atoms with Crippen molar-refractivity contribution in [3.05, 3.63) is 47.0 Å². The predicted octanol–water partition coefficient (Wildman–Crippen LogP) is 3.76. The molecule has 42 heavy (non-hydrogen) atoms. The number of likely N-dealkylation sites (tertiary alicyclic amines) is 2. The fourth-order valence-electron chi connectivity index (χ4n) is 6.43. The predicted molar refractivity (Wildman–Crippen MR) is 160 cm³/mol. The van der Waals surface area contributed by atoms with Crippen LogP contribution in [0.1, 0.15) is 29.3 Å². The van der Waals surface area contributed by atoms with Crippen LogP contribution >= 0.6 is 11.3 Å². The largest absolute Gasteiger partial charge is 0.389 e. The van der Waals surface area contributed by atoms with Gasteiger partial charge < -0.3 is 24.7 Å². The second-order valence-corrected chi connectivity index (χ2v) is 13.3. The number of nitriles is 1. The zero-order valence-corrected chi connectivity index (χ0v) is 24.4. The lowest BCUT2D eigenvalue weighted by Crippen LogP contribution is -2.75. The van der Waals surface area contributed by atoms with E-state index in [4.69, 9.17) is 15.1 Å². The molecule has 3 aliphatic heterocycles. The number of rotatable bonds is 5. The van der Waals surface area contributed by atoms with E-state index < -0.39 is 0 Å². The Morgan fingerprint density at radius 1 is 1.14 bits per heavy atom. The minimum atomic E-state index is -0.377. The number of benzene rings is 1. The average Bonchev–Trinajstić information content (AvgIpc) is 3.57. The van der Waals surface area contributed by atoms with Gasteiger partial charge in [0.05, 0.1) is 42.5 Å². The molecule has 1 saturated carbocycles. The Hall–Kier alpha value is -4.21. The minimum Gasteiger partial charge on any atom is -0.389 e. The second-order valence-electron chi connectivity index (χ2n) is 12.3. The molecule has 4 aliphatic rings. The van der Waals surface area contributed by atoms with Crippen LogP contribution < -0.4 is 9.80 Å². The van der Waals surface area contributed by atoms with Crippen LogP contribution in [0, 0.1) is 23.7 Å². The van der Waals surface area contributed by atoms with Crippen LogP contribution in [-0.2, 0) is 0 Å². The monoisotopic (exact) mass is 581 g/mol. The van der Waals surface area contributed by atoms with Gasteiger partial charge in [-0.1, -0.05) is 41.2 Å². The molecule has 1 aliphatic carbocycles. The smallest absolute Gasteiger partial charge is 0.320 e. The number of fused-ring (bicyclic) bond motifs is 1. The Morgan fingerprint density at radius 3 is 2.55 bits per heavy atom. The molecule has 1 aromatic carbocycles. The summed E-state index contributed by atoms with van der Waals surface area (Å²) in [5.74, 6) is 0.947. The first-order valence-corrected chi connectivity index (χ1v) is 15.2. The maximum Gasteiger partial charge on any atom is 0.320 e. The lowest BCUT2D eigenvalue weighted by atomic mass is 9.72. The third-order valence-corrected chi connectivity index (χ3v) is 9.96. The highest BCUT2D eigenvalue weighted by atomic mass is 32.1. The lowest BCUT2D eigenvalue weighted by Gasteiger charge is -2.61. The molecule has 214 valence electrons. The molecule has 3 aromatic heterocycles. The van der Waals surface area contributed by atoms with E-state index in [1.807, 2.05) is 49.3 Å². The highest BCUT2D eigenvalue weighted by Crippen LogP contribution is 2.46. The van der Waals surface area contributed by atoms with Crippen LogP contribution in [0.2, 0.25) is 0 Å². The molecular weight excluding hydrogens is 550 g/mol. The van der Waals surface area contributed by atoms with E-state index in [0.29, 0.717) is 35.3 Å². The second kappa shape index (κ2) is 9.14. The third kappa shape index (κ3) is 4.02. The number of β-amino-alcohol motifs (C(OH)–C–C–N with tert-alkyl or cyclic N) is 1. The van der Waals surface area contributed by atoms with Gasteiger partial charge in [0.25, 0.3) is 0 Å². The number of hydrogen-bond acceptors (Lipinski definition) is 9. The highest BCUT2D eigenvalue weighted by Gasteiger charge is 2.54. The number of aliphatic hydroxyl groups excluding tert-OH is 1. The van der Waals surface area contributed by atoms with E-state index in [2.05, 4.69) is 26.6 Å². The summed E-state index contributed by atoms with van der Waals surface area (Å²) < 4.78 is 2.08. The molecule has 3 saturated heterocycles. The van der Waals surface area contributed by atoms with E-state index in [1.54, 1.807) is 4.90 Å². The maximum atomic E-state index is 12.6. The summed E-state index contributed by atoms with van der Waals surface area (Å²) >= 11 is 1.39. The molecule has 11 nitrogen and oxygen atoms in total. The van der Waals surface area contributed by atoms with Crippen LogP contribution in [0.25, 0.3) is 22.3 Å². The molecule has 1 spiro atoms. The van der Waals surface area contributed by atoms with Crippen molar-refractivity contribution in [1.29, 1.82) is 5.26 Å². The summed E-state index contributed by atoms with van der Waals surface area (Å²) in [6.07, 6.45) is 3.69. The van der Waals surface area contributed by atoms with Gasteiger partial charge in [0.1, 0.15) is 22.5 Å². The summed E-state index contributed by atoms with van der Waals surface area (Å²) in [5, 5.41) is 26.0. The molecule has 0 unspecified atom stereocenters. The Labute approximate surface area is 247 Å². The zero-order chi connectivity index (χ0) is 28.7. The topological polar surface area (TPSA) is 118 Å². The van der Waals surface area contributed by atoms with E-state index in [9.17, 15) is 15.2 Å². The summed E-state index contributed by atoms with van der Waals surface area (Å²) in [7, 11) is 2.00. The fourth-order valence-corrected chi connectivity index (χ4v) is 7.28. The van der Waals surface area contributed by atoms with Gasteiger partial charge >= 0.3 is 6.03 Å². The zero-order valence-electron chi connectivity index (χ0n) is 23.6. The van der Waals surface area contributed by atoms with Gasteiger partial charge in [-0.3, -0.25) is 0 Å². The summed E-state index contributed by atoms with van der Waals surface area (Å²) in [6, 6.07) is 13.0. The molecule has 8 rings (SSSR count). The highest BCUT2D eigenvalue weighted by molar-refractivity contribution is 7.16. The van der Waals surface area contributed by atoms with Crippen LogP contribution in [-0.4, -0.2) is 93.1 Å². The normalized spacial score (nSPS) is 19.4. The van der Waals surface area contributed by atoms with Gasteiger partial charge in [-0.15, -0.1) is 0 Å². The molecule has 0 radical (unpaired) electrons. The maximum absolute atomic E-state index is 12.6. The van der Waals surface area contributed by atoms with Gasteiger partial charge in [0.2, 0.25) is 0 Å². The lowest BCUT2D eigenvalue weighted by molar-refractivity contribution is -0.0329. The number of pyridine rings is 1. The number of carbonyl (C=O) groups is 1. The van der Waals surface area contributed by atoms with Crippen LogP contribution in [0.5, 0.6) is 0 Å². The Morgan fingerprint density at radius 2 is 1.88 bits per heavy atom. The van der Waals surface area contributed by atoms with E-state index >= 15 is 0 Å². The number of urea groups is 1. The number of aryl methyl sites for hydroxylation is 1. The van der Waals surface area contributed by atoms with E-state index in [0.717, 1.165) is 72.2 Å². The van der Waals surface area contributed by atoms with Gasteiger partial charge in [-0.05, 0) is 25.8 Å². The fraction of sp³-hybridized carbons (Fsp3) is 0.433. The van der Waals surface area contributed by atoms with Crippen molar-refractivity contribution in [3.8, 4) is 17.3 Å². The van der Waals surface area contributed by atoms with E-state index in [-0.39, 0.29) is 17.6 Å². The van der Waals surface area contributed by atoms with Crippen molar-refractivity contribution in [2.75, 3.05) is 56.1 Å². The van der Waals surface area contributed by atoms with Crippen molar-refractivity contribution in [1.82, 2.24) is 29.5 Å². The number of nitrogens with zero attached hydrogens (tertiary/aromatic N) is 9. The van der Waals surface area contributed by atoms with Gasteiger partial charge in [0.15, 0.2) is 10.8 Å². The molecule has 6 heterocycles. The number of anilines is 3. The van der Waals surface area contributed by atoms with Gasteiger partial charge in [0, 0.05) is 44.2 Å². The summed E-state index contributed by atoms with van der Waals surface area (Å²) in [5.41, 5.74) is 4.68. The number of aliphatic hydroxyl groups is 1. The summed E-state index contributed by atoms with van der Waals surface area (Å²) in [6.45, 7) is 6.21. The van der Waals surface area contributed by atoms with Gasteiger partial charge in [-0.2, -0.15) is 10.4 Å². The minimum absolute atomic E-state index is 0.0416. The van der Waals surface area contributed by atoms with Crippen LogP contribution in [0.15, 0.2) is 36.5 Å². The Balaban J connectivity index is 1.06. The SMILES string of the molecule is Cc1ccc(-c2nc(N(C)c3c4cc(N5CC6(CN(C(=O)N7CC(O)C7)C6)C5)cnc4nn3C3CC3)sc2C#N)cc1. The number of carbonyl (C=O) groups excluding carboxylic acids is 1. The third-order valence-electron chi connectivity index (χ3n) is 8.93. The quantitative estimate of drug-likeness (QED) is 0.379. The molecule has 4 aromatic rings. The van der Waals surface area contributed by atoms with Crippen molar-refractivity contribution >= 4 is 45.0 Å². The first kappa shape index (κ1) is 25.5. The van der Waals surface area contributed by atoms with Crippen LogP contribution in [0.3, 0.4) is 0 Å². The Bertz CT molecular complexity index is 1750. The number of amides is 2. The number of hydrogen-bond donors (Lipinski definition) is 1. The molecular formula is C30H31N9O2S. The number of thiazole rings is 1. The Kier molecular flexibility index (Phi) is 5.55. The van der Waals surface area contributed by atoms with Crippen LogP contribution in [0.4, 0.5) is 21.4 Å². The number of aromatic nitrogens is 4. The molecule has 0 atom stereocenters. The van der Waals surface area contributed by atoms with E-state index in [1.165, 1.54) is 11.3 Å². The molecule has 0 bridgehead atoms. The van der Waals surface area contributed by atoms with Gasteiger partial charge in [-0.25, -0.2) is 19.4 Å². The van der Waals surface area contributed by atoms with Crippen molar-refractivity contribution in [3.63, 3.8) is 0 Å². The first-order valence-electron chi connectivity index (χ1n) is 14.4. The first-order chi connectivity index (χ1) is 20.3. The molecule has 4 fully saturated rings. The van der Waals surface area contributed by atoms with Crippen molar-refractivity contribution in [2.45, 2.75) is 31.9 Å². The molecule has 12 heteroatoms. The summed E-state index contributed by atoms with van der Waals surface area (Å²) in [4.78, 5) is 30.9. The molecule has 1 N–H and O–H groups in total. The van der Waals surface area contributed by atoms with Crippen molar-refractivity contribution < 1.29 is 9.90 Å². The standard InChI is InChI=1S/C30H31N9O2S/c1-18-3-5-19(6-4-18)25-24(10-31)42-28(33-25)35(2)27-23-9-21(11-32-26(23)34-39(27)20-7-8-20)37-14-30(15-37)16-38(17-30)29(41)36-12-22(40)13-36/h3-6,9,11,20,22,40H,7-8,12-17H2,1-2H3. The molecule has 2 amide bonds. The van der Waals surface area contributed by atoms with Crippen molar-refractivity contribution in [2.24, 2.45) is 5.41 Å².